The summed E-state index contributed by atoms with van der Waals surface area (Å²) in [7, 11) is 0. The predicted octanol–water partition coefficient (Wildman–Crippen LogP) is 5.42. The Labute approximate surface area is 137 Å². The summed E-state index contributed by atoms with van der Waals surface area (Å²) >= 11 is 0. The van der Waals surface area contributed by atoms with Crippen molar-refractivity contribution in [1.82, 2.24) is 4.57 Å². The first-order valence-corrected chi connectivity index (χ1v) is 8.54. The van der Waals surface area contributed by atoms with Gasteiger partial charge in [0.2, 0.25) is 0 Å². The van der Waals surface area contributed by atoms with Gasteiger partial charge in [-0.05, 0) is 54.2 Å². The molecule has 1 aromatic heterocycles. The van der Waals surface area contributed by atoms with Crippen molar-refractivity contribution >= 4 is 21.8 Å². The Hall–Kier alpha value is -2.09. The van der Waals surface area contributed by atoms with Crippen molar-refractivity contribution in [3.63, 3.8) is 0 Å². The maximum atomic E-state index is 13.0. The van der Waals surface area contributed by atoms with Crippen molar-refractivity contribution in [3.8, 4) is 0 Å². The Bertz CT molecular complexity index is 932. The van der Waals surface area contributed by atoms with Gasteiger partial charge in [0.1, 0.15) is 0 Å². The molecule has 2 heteroatoms. The second-order valence-corrected chi connectivity index (χ2v) is 6.94. The van der Waals surface area contributed by atoms with Gasteiger partial charge in [-0.1, -0.05) is 39.8 Å². The Morgan fingerprint density at radius 1 is 0.826 bits per heavy atom. The molecule has 0 N–H and O–H groups in total. The maximum absolute atomic E-state index is 13.0. The molecular weight excluding hydrogens is 282 g/mol. The zero-order chi connectivity index (χ0) is 16.7. The summed E-state index contributed by atoms with van der Waals surface area (Å²) in [5.41, 5.74) is 4.73. The summed E-state index contributed by atoms with van der Waals surface area (Å²) in [4.78, 5) is 13.0. The van der Waals surface area contributed by atoms with Gasteiger partial charge in [0, 0.05) is 17.3 Å². The lowest BCUT2D eigenvalue weighted by Gasteiger charge is -2.16. The van der Waals surface area contributed by atoms with E-state index in [4.69, 9.17) is 0 Å². The van der Waals surface area contributed by atoms with Crippen LogP contribution in [0.2, 0.25) is 0 Å². The van der Waals surface area contributed by atoms with Gasteiger partial charge in [0.15, 0.2) is 5.43 Å². The van der Waals surface area contributed by atoms with E-state index in [-0.39, 0.29) is 5.43 Å². The summed E-state index contributed by atoms with van der Waals surface area (Å²) in [5.74, 6) is 0.881. The lowest BCUT2D eigenvalue weighted by molar-refractivity contribution is 0.814. The highest BCUT2D eigenvalue weighted by Gasteiger charge is 2.13. The Morgan fingerprint density at radius 3 is 2.04 bits per heavy atom. The highest BCUT2D eigenvalue weighted by Crippen LogP contribution is 2.25. The molecule has 0 fully saturated rings. The van der Waals surface area contributed by atoms with Crippen molar-refractivity contribution in [3.05, 3.63) is 57.7 Å². The van der Waals surface area contributed by atoms with E-state index in [1.54, 1.807) is 0 Å². The minimum Gasteiger partial charge on any atom is -0.341 e. The van der Waals surface area contributed by atoms with E-state index in [0.717, 1.165) is 28.4 Å². The molecule has 0 atom stereocenters. The molecule has 0 aliphatic heterocycles. The number of rotatable bonds is 3. The fourth-order valence-electron chi connectivity index (χ4n) is 3.27. The minimum absolute atomic E-state index is 0.150. The van der Waals surface area contributed by atoms with Crippen LogP contribution in [0.5, 0.6) is 0 Å². The number of pyridine rings is 1. The standard InChI is InChI=1S/C21H25NO/c1-6-22-19-10-8-15(13(2)3)11-18(19)21(23)17-9-7-16(14(4)5)12-20(17)22/h7-14H,6H2,1-5H3. The monoisotopic (exact) mass is 307 g/mol. The lowest BCUT2D eigenvalue weighted by Crippen LogP contribution is -2.12. The molecule has 0 radical (unpaired) electrons. The second kappa shape index (κ2) is 5.84. The van der Waals surface area contributed by atoms with Gasteiger partial charge in [-0.25, -0.2) is 0 Å². The van der Waals surface area contributed by atoms with Crippen LogP contribution >= 0.6 is 0 Å². The summed E-state index contributed by atoms with van der Waals surface area (Å²) in [5, 5.41) is 1.66. The molecule has 0 unspecified atom stereocenters. The third-order valence-electron chi connectivity index (χ3n) is 4.76. The van der Waals surface area contributed by atoms with E-state index in [9.17, 15) is 4.79 Å². The van der Waals surface area contributed by atoms with Gasteiger partial charge in [-0.2, -0.15) is 0 Å². The number of hydrogen-bond acceptors (Lipinski definition) is 1. The molecule has 0 spiro atoms. The van der Waals surface area contributed by atoms with E-state index < -0.39 is 0 Å². The number of nitrogens with zero attached hydrogens (tertiary/aromatic N) is 1. The van der Waals surface area contributed by atoms with E-state index in [1.165, 1.54) is 11.1 Å². The zero-order valence-corrected chi connectivity index (χ0v) is 14.7. The molecule has 0 saturated heterocycles. The van der Waals surface area contributed by atoms with Crippen LogP contribution in [-0.2, 0) is 6.54 Å². The molecule has 1 heterocycles. The molecular formula is C21H25NO. The van der Waals surface area contributed by atoms with Gasteiger partial charge >= 0.3 is 0 Å². The lowest BCUT2D eigenvalue weighted by atomic mass is 9.97. The number of hydrogen-bond donors (Lipinski definition) is 0. The van der Waals surface area contributed by atoms with Gasteiger partial charge in [0.25, 0.3) is 0 Å². The van der Waals surface area contributed by atoms with Crippen molar-refractivity contribution in [1.29, 1.82) is 0 Å². The van der Waals surface area contributed by atoms with Gasteiger partial charge in [-0.15, -0.1) is 0 Å². The van der Waals surface area contributed by atoms with Crippen molar-refractivity contribution < 1.29 is 0 Å². The Kier molecular flexibility index (Phi) is 4.01. The molecule has 120 valence electrons. The largest absolute Gasteiger partial charge is 0.341 e. The number of benzene rings is 2. The van der Waals surface area contributed by atoms with Crippen LogP contribution in [0.1, 0.15) is 57.6 Å². The summed E-state index contributed by atoms with van der Waals surface area (Å²) < 4.78 is 2.27. The van der Waals surface area contributed by atoms with E-state index in [1.807, 2.05) is 6.07 Å². The van der Waals surface area contributed by atoms with Crippen LogP contribution in [0, 0.1) is 0 Å². The van der Waals surface area contributed by atoms with Crippen molar-refractivity contribution in [2.24, 2.45) is 0 Å². The van der Waals surface area contributed by atoms with Crippen LogP contribution in [0.25, 0.3) is 21.8 Å². The smallest absolute Gasteiger partial charge is 0.197 e. The van der Waals surface area contributed by atoms with Crippen LogP contribution in [-0.4, -0.2) is 4.57 Å². The van der Waals surface area contributed by atoms with E-state index in [0.29, 0.717) is 11.8 Å². The van der Waals surface area contributed by atoms with E-state index in [2.05, 4.69) is 69.5 Å². The van der Waals surface area contributed by atoms with Crippen LogP contribution < -0.4 is 5.43 Å². The number of fused-ring (bicyclic) bond motifs is 2. The Morgan fingerprint density at radius 2 is 1.43 bits per heavy atom. The molecule has 3 rings (SSSR count). The highest BCUT2D eigenvalue weighted by molar-refractivity contribution is 5.94. The quantitative estimate of drug-likeness (QED) is 0.592. The highest BCUT2D eigenvalue weighted by atomic mass is 16.1. The summed E-state index contributed by atoms with van der Waals surface area (Å²) in [6, 6.07) is 12.6. The van der Waals surface area contributed by atoms with Gasteiger partial charge < -0.3 is 4.57 Å². The molecule has 0 bridgehead atoms. The average Bonchev–Trinajstić information content (AvgIpc) is 2.54. The normalized spacial score (nSPS) is 12.0. The molecule has 2 nitrogen and oxygen atoms in total. The first kappa shape index (κ1) is 15.8. The fourth-order valence-corrected chi connectivity index (χ4v) is 3.27. The number of aromatic nitrogens is 1. The molecule has 0 aliphatic carbocycles. The molecule has 0 aliphatic rings. The van der Waals surface area contributed by atoms with Crippen molar-refractivity contribution in [2.45, 2.75) is 53.0 Å². The molecule has 0 amide bonds. The SMILES string of the molecule is CCn1c2ccc(C(C)C)cc2c(=O)c2ccc(C(C)C)cc21. The third-order valence-corrected chi connectivity index (χ3v) is 4.76. The van der Waals surface area contributed by atoms with Crippen molar-refractivity contribution in [2.75, 3.05) is 0 Å². The first-order valence-electron chi connectivity index (χ1n) is 8.54. The third kappa shape index (κ3) is 2.56. The first-order chi connectivity index (χ1) is 10.9. The average molecular weight is 307 g/mol. The molecule has 23 heavy (non-hydrogen) atoms. The molecule has 3 aromatic rings. The minimum atomic E-state index is 0.150. The Balaban J connectivity index is 2.46. The second-order valence-electron chi connectivity index (χ2n) is 6.94. The maximum Gasteiger partial charge on any atom is 0.197 e. The fraction of sp³-hybridized carbons (Fsp3) is 0.381. The van der Waals surface area contributed by atoms with Crippen LogP contribution in [0.3, 0.4) is 0 Å². The van der Waals surface area contributed by atoms with Crippen LogP contribution in [0.15, 0.2) is 41.2 Å². The topological polar surface area (TPSA) is 22.0 Å². The van der Waals surface area contributed by atoms with Gasteiger partial charge in [-0.3, -0.25) is 4.79 Å². The number of aryl methyl sites for hydroxylation is 1. The van der Waals surface area contributed by atoms with Crippen LogP contribution in [0.4, 0.5) is 0 Å². The predicted molar refractivity (Wildman–Crippen MR) is 99.6 cm³/mol. The van der Waals surface area contributed by atoms with Gasteiger partial charge in [0.05, 0.1) is 11.0 Å². The molecule has 2 aromatic carbocycles. The summed E-state index contributed by atoms with van der Waals surface area (Å²) in [6.07, 6.45) is 0. The zero-order valence-electron chi connectivity index (χ0n) is 14.7. The van der Waals surface area contributed by atoms with E-state index >= 15 is 0 Å². The summed E-state index contributed by atoms with van der Waals surface area (Å²) in [6.45, 7) is 11.7. The molecule has 0 saturated carbocycles.